The highest BCUT2D eigenvalue weighted by Gasteiger charge is 2.21. The summed E-state index contributed by atoms with van der Waals surface area (Å²) in [6, 6.07) is 10.4. The van der Waals surface area contributed by atoms with E-state index in [0.717, 1.165) is 12.8 Å². The normalized spacial score (nSPS) is 25.4. The Labute approximate surface area is 95.2 Å². The highest BCUT2D eigenvalue weighted by molar-refractivity contribution is 8.00. The highest BCUT2D eigenvalue weighted by atomic mass is 32.2. The summed E-state index contributed by atoms with van der Waals surface area (Å²) in [6.07, 6.45) is 6.68. The van der Waals surface area contributed by atoms with E-state index in [1.54, 1.807) is 0 Å². The van der Waals surface area contributed by atoms with Gasteiger partial charge in [-0.15, -0.1) is 11.8 Å². The molecule has 1 N–H and O–H groups in total. The first kappa shape index (κ1) is 10.8. The van der Waals surface area contributed by atoms with Crippen LogP contribution in [-0.2, 0) is 0 Å². The van der Waals surface area contributed by atoms with Crippen LogP contribution in [-0.4, -0.2) is 17.0 Å². The summed E-state index contributed by atoms with van der Waals surface area (Å²) < 4.78 is 0. The second-order valence-corrected chi connectivity index (χ2v) is 5.10. The average molecular weight is 220 g/mol. The Kier molecular flexibility index (Phi) is 3.87. The molecule has 1 aromatic rings. The first-order valence-corrected chi connectivity index (χ1v) is 6.27. The minimum atomic E-state index is 0.300. The van der Waals surface area contributed by atoms with Gasteiger partial charge in [0.05, 0.1) is 0 Å². The van der Waals surface area contributed by atoms with Gasteiger partial charge in [-0.05, 0) is 30.9 Å². The second-order valence-electron chi connectivity index (χ2n) is 3.84. The van der Waals surface area contributed by atoms with Crippen LogP contribution in [0.2, 0.25) is 0 Å². The lowest BCUT2D eigenvalue weighted by atomic mass is 9.95. The largest absolute Gasteiger partial charge is 0.396 e. The summed E-state index contributed by atoms with van der Waals surface area (Å²) in [5.41, 5.74) is 0. The molecule has 0 bridgehead atoms. The molecule has 0 amide bonds. The number of aliphatic hydroxyl groups is 1. The molecule has 80 valence electrons. The second kappa shape index (κ2) is 5.38. The molecule has 0 aliphatic heterocycles. The van der Waals surface area contributed by atoms with E-state index in [-0.39, 0.29) is 0 Å². The van der Waals surface area contributed by atoms with Gasteiger partial charge >= 0.3 is 0 Å². The molecule has 2 atom stereocenters. The summed E-state index contributed by atoms with van der Waals surface area (Å²) in [7, 11) is 0. The van der Waals surface area contributed by atoms with Crippen LogP contribution in [0.15, 0.2) is 47.4 Å². The van der Waals surface area contributed by atoms with E-state index < -0.39 is 0 Å². The van der Waals surface area contributed by atoms with Crippen LogP contribution in [0.3, 0.4) is 0 Å². The number of aliphatic hydroxyl groups excluding tert-OH is 1. The average Bonchev–Trinajstić information content (AvgIpc) is 2.31. The first-order chi connectivity index (χ1) is 7.40. The molecule has 0 heterocycles. The summed E-state index contributed by atoms with van der Waals surface area (Å²) in [5.74, 6) is 0.417. The molecular formula is C13H16OS. The molecule has 2 unspecified atom stereocenters. The number of benzene rings is 1. The van der Waals surface area contributed by atoms with Gasteiger partial charge < -0.3 is 5.11 Å². The third kappa shape index (κ3) is 2.86. The van der Waals surface area contributed by atoms with Gasteiger partial charge in [0.25, 0.3) is 0 Å². The first-order valence-electron chi connectivity index (χ1n) is 5.39. The van der Waals surface area contributed by atoms with Gasteiger partial charge in [0, 0.05) is 16.8 Å². The number of rotatable bonds is 3. The zero-order chi connectivity index (χ0) is 10.5. The molecular weight excluding hydrogens is 204 g/mol. The molecule has 2 heteroatoms. The molecule has 0 saturated heterocycles. The van der Waals surface area contributed by atoms with Gasteiger partial charge in [-0.3, -0.25) is 0 Å². The zero-order valence-corrected chi connectivity index (χ0v) is 9.49. The Bertz CT molecular complexity index is 321. The van der Waals surface area contributed by atoms with Crippen LogP contribution in [0, 0.1) is 5.92 Å². The molecule has 0 aromatic heterocycles. The Balaban J connectivity index is 2.04. The van der Waals surface area contributed by atoms with E-state index in [9.17, 15) is 5.11 Å². The minimum Gasteiger partial charge on any atom is -0.396 e. The third-order valence-corrected chi connectivity index (χ3v) is 4.10. The summed E-state index contributed by atoms with van der Waals surface area (Å²) in [5, 5.41) is 9.73. The van der Waals surface area contributed by atoms with Crippen molar-refractivity contribution in [3.63, 3.8) is 0 Å². The molecule has 2 rings (SSSR count). The smallest absolute Gasteiger partial charge is 0.0473 e. The van der Waals surface area contributed by atoms with Crippen molar-refractivity contribution in [1.82, 2.24) is 0 Å². The van der Waals surface area contributed by atoms with Gasteiger partial charge in [-0.1, -0.05) is 30.4 Å². The van der Waals surface area contributed by atoms with Gasteiger partial charge in [0.1, 0.15) is 0 Å². The van der Waals surface area contributed by atoms with Crippen molar-refractivity contribution < 1.29 is 5.11 Å². The monoisotopic (exact) mass is 220 g/mol. The number of thioether (sulfide) groups is 1. The van der Waals surface area contributed by atoms with Gasteiger partial charge in [0.2, 0.25) is 0 Å². The molecule has 1 aromatic carbocycles. The lowest BCUT2D eigenvalue weighted by Crippen LogP contribution is -2.21. The van der Waals surface area contributed by atoms with Gasteiger partial charge in [0.15, 0.2) is 0 Å². The fourth-order valence-electron chi connectivity index (χ4n) is 1.85. The van der Waals surface area contributed by atoms with Crippen molar-refractivity contribution in [2.45, 2.75) is 23.0 Å². The molecule has 1 aliphatic rings. The summed E-state index contributed by atoms with van der Waals surface area (Å²) >= 11 is 1.85. The molecule has 15 heavy (non-hydrogen) atoms. The van der Waals surface area contributed by atoms with Gasteiger partial charge in [-0.25, -0.2) is 0 Å². The van der Waals surface area contributed by atoms with E-state index in [2.05, 4.69) is 36.4 Å². The topological polar surface area (TPSA) is 20.2 Å². The van der Waals surface area contributed by atoms with Crippen LogP contribution >= 0.6 is 11.8 Å². The van der Waals surface area contributed by atoms with Crippen LogP contribution in [0.5, 0.6) is 0 Å². The lowest BCUT2D eigenvalue weighted by Gasteiger charge is -2.25. The van der Waals surface area contributed by atoms with Crippen molar-refractivity contribution >= 4 is 11.8 Å². The standard InChI is InChI=1S/C13H16OS/c14-10-11-6-4-5-9-13(11)15-12-7-2-1-3-8-12/h1-3,5,7-9,11,13-14H,4,6,10H2. The minimum absolute atomic E-state index is 0.300. The Morgan fingerprint density at radius 2 is 2.07 bits per heavy atom. The molecule has 0 spiro atoms. The van der Waals surface area contributed by atoms with Crippen LogP contribution in [0.1, 0.15) is 12.8 Å². The predicted octanol–water partition coefficient (Wildman–Crippen LogP) is 3.11. The maximum Gasteiger partial charge on any atom is 0.0473 e. The van der Waals surface area contributed by atoms with Crippen molar-refractivity contribution in [2.24, 2.45) is 5.92 Å². The van der Waals surface area contributed by atoms with Crippen molar-refractivity contribution in [3.8, 4) is 0 Å². The quantitative estimate of drug-likeness (QED) is 0.790. The van der Waals surface area contributed by atoms with Gasteiger partial charge in [-0.2, -0.15) is 0 Å². The molecule has 0 fully saturated rings. The summed E-state index contributed by atoms with van der Waals surface area (Å²) in [4.78, 5) is 1.28. The van der Waals surface area contributed by atoms with E-state index in [4.69, 9.17) is 0 Å². The predicted molar refractivity (Wildman–Crippen MR) is 65.0 cm³/mol. The zero-order valence-electron chi connectivity index (χ0n) is 8.67. The maximum absolute atomic E-state index is 9.29. The Hall–Kier alpha value is -0.730. The SMILES string of the molecule is OCC1CCC=CC1Sc1ccccc1. The fraction of sp³-hybridized carbons (Fsp3) is 0.385. The summed E-state index contributed by atoms with van der Waals surface area (Å²) in [6.45, 7) is 0.300. The number of allylic oxidation sites excluding steroid dienone is 1. The third-order valence-electron chi connectivity index (χ3n) is 2.74. The molecule has 0 saturated carbocycles. The fourth-order valence-corrected chi connectivity index (χ4v) is 3.08. The molecule has 0 radical (unpaired) electrons. The number of hydrogen-bond acceptors (Lipinski definition) is 2. The number of hydrogen-bond donors (Lipinski definition) is 1. The van der Waals surface area contributed by atoms with Crippen LogP contribution in [0.25, 0.3) is 0 Å². The van der Waals surface area contributed by atoms with Crippen molar-refractivity contribution in [3.05, 3.63) is 42.5 Å². The lowest BCUT2D eigenvalue weighted by molar-refractivity contribution is 0.221. The Morgan fingerprint density at radius 1 is 1.27 bits per heavy atom. The maximum atomic E-state index is 9.29. The molecule has 1 aliphatic carbocycles. The van der Waals surface area contributed by atoms with Crippen LogP contribution in [0.4, 0.5) is 0 Å². The van der Waals surface area contributed by atoms with E-state index in [1.165, 1.54) is 4.90 Å². The highest BCUT2D eigenvalue weighted by Crippen LogP contribution is 2.33. The van der Waals surface area contributed by atoms with Crippen LogP contribution < -0.4 is 0 Å². The molecule has 1 nitrogen and oxygen atoms in total. The van der Waals surface area contributed by atoms with E-state index in [1.807, 2.05) is 17.8 Å². The Morgan fingerprint density at radius 3 is 2.80 bits per heavy atom. The van der Waals surface area contributed by atoms with Crippen molar-refractivity contribution in [2.75, 3.05) is 6.61 Å². The van der Waals surface area contributed by atoms with Crippen molar-refractivity contribution in [1.29, 1.82) is 0 Å². The van der Waals surface area contributed by atoms with E-state index >= 15 is 0 Å². The van der Waals surface area contributed by atoms with E-state index in [0.29, 0.717) is 17.8 Å².